The number of aryl methyl sites for hydroxylation is 1. The first-order chi connectivity index (χ1) is 14.8. The minimum atomic E-state index is -4.68. The Morgan fingerprint density at radius 1 is 1.23 bits per heavy atom. The molecule has 0 aliphatic carbocycles. The number of benzene rings is 1. The molecule has 0 spiro atoms. The summed E-state index contributed by atoms with van der Waals surface area (Å²) in [6.07, 6.45) is 0.994. The molecule has 13 heteroatoms. The molecule has 31 heavy (non-hydrogen) atoms. The molecule has 162 valence electrons. The molecule has 0 radical (unpaired) electrons. The first kappa shape index (κ1) is 19.9. The molecule has 5 rings (SSSR count). The monoisotopic (exact) mass is 446 g/mol. The van der Waals surface area contributed by atoms with E-state index in [9.17, 15) is 4.79 Å². The predicted molar refractivity (Wildman–Crippen MR) is 109 cm³/mol. The van der Waals surface area contributed by atoms with Gasteiger partial charge in [-0.2, -0.15) is 0 Å². The van der Waals surface area contributed by atoms with Crippen molar-refractivity contribution in [2.45, 2.75) is 18.6 Å². The van der Waals surface area contributed by atoms with Crippen LogP contribution in [0.15, 0.2) is 36.5 Å². The third-order valence-corrected chi connectivity index (χ3v) is 5.92. The summed E-state index contributed by atoms with van der Waals surface area (Å²) in [4.78, 5) is 45.5. The molecule has 1 aromatic carbocycles. The number of hydrogen-bond acceptors (Lipinski definition) is 10. The van der Waals surface area contributed by atoms with E-state index in [-0.39, 0.29) is 12.6 Å². The number of tetrazole rings is 1. The molecule has 1 fully saturated rings. The van der Waals surface area contributed by atoms with Gasteiger partial charge in [-0.1, -0.05) is 0 Å². The average molecular weight is 446 g/mol. The van der Waals surface area contributed by atoms with Crippen LogP contribution in [0.4, 0.5) is 10.5 Å². The molecule has 3 N–H and O–H groups in total. The van der Waals surface area contributed by atoms with Crippen LogP contribution in [0.25, 0.3) is 22.6 Å². The number of carbonyl (C=O) groups is 1. The number of ether oxygens (including phenoxy) is 1. The molecule has 0 bridgehead atoms. The Balaban J connectivity index is 1.38. The Morgan fingerprint density at radius 2 is 2.03 bits per heavy atom. The molecule has 0 saturated carbocycles. The second kappa shape index (κ2) is 7.29. The van der Waals surface area contributed by atoms with Gasteiger partial charge in [-0.3, -0.25) is 0 Å². The number of fused-ring (bicyclic) bond motifs is 3. The molecule has 2 aliphatic heterocycles. The van der Waals surface area contributed by atoms with Crippen molar-refractivity contribution in [1.82, 2.24) is 25.2 Å². The average Bonchev–Trinajstić information content (AvgIpc) is 3.40. The van der Waals surface area contributed by atoms with Crippen LogP contribution in [0.1, 0.15) is 5.56 Å². The fraction of sp³-hybridized carbons (Fsp3) is 0.278. The summed E-state index contributed by atoms with van der Waals surface area (Å²) in [7, 11) is -2.94. The summed E-state index contributed by atoms with van der Waals surface area (Å²) >= 11 is 0. The number of hydrogen-bond donors (Lipinski definition) is 3. The standard InChI is InChI=1S/C18H19N6O6P/c1-23-17(20-21-22-23)13-4-2-11(8-19-13)10-3-5-14-12(6-10)7-15-16(9-29-31(26,27)28)30-18(25)24(14)15/h2-6,8,15-16,26-28,31H,7,9H2,1H3/t15-,16-/m0/s1. The summed E-state index contributed by atoms with van der Waals surface area (Å²) in [5.41, 5.74) is 4.17. The van der Waals surface area contributed by atoms with Crippen LogP contribution >= 0.6 is 8.17 Å². The quantitative estimate of drug-likeness (QED) is 0.474. The van der Waals surface area contributed by atoms with Crippen molar-refractivity contribution in [3.63, 3.8) is 0 Å². The summed E-state index contributed by atoms with van der Waals surface area (Å²) in [5, 5.41) is 11.4. The van der Waals surface area contributed by atoms with Crippen molar-refractivity contribution in [2.75, 3.05) is 11.5 Å². The van der Waals surface area contributed by atoms with Crippen molar-refractivity contribution in [3.05, 3.63) is 42.1 Å². The van der Waals surface area contributed by atoms with Gasteiger partial charge in [-0.25, -0.2) is 4.68 Å². The third-order valence-electron chi connectivity index (χ3n) is 5.37. The molecule has 2 aliphatic rings. The van der Waals surface area contributed by atoms with E-state index in [1.165, 1.54) is 4.90 Å². The van der Waals surface area contributed by atoms with E-state index >= 15 is 0 Å². The van der Waals surface area contributed by atoms with Gasteiger partial charge < -0.3 is 0 Å². The number of cyclic esters (lactones) is 1. The van der Waals surface area contributed by atoms with Crippen LogP contribution in [0.2, 0.25) is 0 Å². The zero-order valence-corrected chi connectivity index (χ0v) is 17.3. The molecular weight excluding hydrogens is 427 g/mol. The molecule has 4 heterocycles. The Hall–Kier alpha value is -3.02. The van der Waals surface area contributed by atoms with Crippen molar-refractivity contribution < 1.29 is 28.7 Å². The number of nitrogens with zero attached hydrogens (tertiary/aromatic N) is 6. The van der Waals surface area contributed by atoms with Crippen molar-refractivity contribution in [2.24, 2.45) is 7.05 Å². The fourth-order valence-electron chi connectivity index (χ4n) is 3.94. The van der Waals surface area contributed by atoms with Gasteiger partial charge in [-0.15, -0.1) is 5.10 Å². The predicted octanol–water partition coefficient (Wildman–Crippen LogP) is 0.592. The van der Waals surface area contributed by atoms with E-state index in [0.717, 1.165) is 22.4 Å². The summed E-state index contributed by atoms with van der Waals surface area (Å²) < 4.78 is 11.5. The SMILES string of the molecule is Cn1nnnc1-c1ccc(-c2ccc3c(c2)C[C@H]2[C@H](CO[PH](O)(O)O)OC(=O)N32)cn1. The van der Waals surface area contributed by atoms with Crippen LogP contribution in [0, 0.1) is 0 Å². The van der Waals surface area contributed by atoms with Gasteiger partial charge in [0.05, 0.1) is 0 Å². The Labute approximate surface area is 176 Å². The van der Waals surface area contributed by atoms with Gasteiger partial charge in [0.25, 0.3) is 0 Å². The molecule has 1 saturated heterocycles. The number of rotatable bonds is 5. The first-order valence-electron chi connectivity index (χ1n) is 9.43. The Morgan fingerprint density at radius 3 is 2.71 bits per heavy atom. The van der Waals surface area contributed by atoms with E-state index in [0.29, 0.717) is 17.9 Å². The van der Waals surface area contributed by atoms with Crippen molar-refractivity contribution >= 4 is 20.0 Å². The molecule has 2 aromatic heterocycles. The van der Waals surface area contributed by atoms with Crippen LogP contribution in [-0.4, -0.2) is 64.7 Å². The second-order valence-electron chi connectivity index (χ2n) is 7.35. The van der Waals surface area contributed by atoms with Crippen LogP contribution in [0.5, 0.6) is 0 Å². The zero-order valence-electron chi connectivity index (χ0n) is 16.3. The van der Waals surface area contributed by atoms with Gasteiger partial charge in [-0.05, 0) is 10.4 Å². The van der Waals surface area contributed by atoms with Gasteiger partial charge in [0, 0.05) is 7.05 Å². The van der Waals surface area contributed by atoms with Crippen LogP contribution < -0.4 is 4.90 Å². The van der Waals surface area contributed by atoms with Crippen LogP contribution in [-0.2, 0) is 22.7 Å². The number of amides is 1. The van der Waals surface area contributed by atoms with Crippen molar-refractivity contribution in [3.8, 4) is 22.6 Å². The summed E-state index contributed by atoms with van der Waals surface area (Å²) in [6, 6.07) is 9.14. The van der Waals surface area contributed by atoms with Gasteiger partial charge in [0.15, 0.2) is 5.82 Å². The number of anilines is 1. The molecule has 1 amide bonds. The summed E-state index contributed by atoms with van der Waals surface area (Å²) in [6.45, 7) is -0.300. The third kappa shape index (κ3) is 3.64. The Kier molecular flexibility index (Phi) is 4.68. The zero-order chi connectivity index (χ0) is 21.8. The minimum absolute atomic E-state index is 0.300. The fourth-order valence-corrected chi connectivity index (χ4v) is 4.33. The van der Waals surface area contributed by atoms with E-state index in [1.54, 1.807) is 17.9 Å². The molecule has 2 atom stereocenters. The number of carbonyl (C=O) groups excluding carboxylic acids is 1. The summed E-state index contributed by atoms with van der Waals surface area (Å²) in [5.74, 6) is 0.564. The van der Waals surface area contributed by atoms with E-state index in [2.05, 4.69) is 25.0 Å². The Bertz CT molecular complexity index is 1150. The topological polar surface area (TPSA) is 156 Å². The second-order valence-corrected chi connectivity index (χ2v) is 8.79. The van der Waals surface area contributed by atoms with Crippen molar-refractivity contribution in [1.29, 1.82) is 0 Å². The molecule has 3 aromatic rings. The number of aromatic nitrogens is 5. The molecule has 12 nitrogen and oxygen atoms in total. The molecular formula is C18H19N6O6P. The van der Waals surface area contributed by atoms with E-state index < -0.39 is 20.4 Å². The van der Waals surface area contributed by atoms with Gasteiger partial charge in [0.2, 0.25) is 0 Å². The van der Waals surface area contributed by atoms with Gasteiger partial charge in [0.1, 0.15) is 0 Å². The van der Waals surface area contributed by atoms with Gasteiger partial charge >= 0.3 is 143 Å². The maximum absolute atomic E-state index is 12.3. The number of pyridine rings is 1. The maximum atomic E-state index is 12.3. The van der Waals surface area contributed by atoms with Crippen LogP contribution in [0.3, 0.4) is 0 Å². The normalized spacial score (nSPS) is 20.5. The molecule has 0 unspecified atom stereocenters. The first-order valence-corrected chi connectivity index (χ1v) is 11.2. The van der Waals surface area contributed by atoms with E-state index in [4.69, 9.17) is 19.4 Å². The van der Waals surface area contributed by atoms with E-state index in [1.807, 2.05) is 30.3 Å².